The number of hydrogen-bond donors (Lipinski definition) is 1. The van der Waals surface area contributed by atoms with E-state index in [0.29, 0.717) is 11.8 Å². The summed E-state index contributed by atoms with van der Waals surface area (Å²) in [5.74, 6) is 1.26. The van der Waals surface area contributed by atoms with E-state index in [-0.39, 0.29) is 0 Å². The molecule has 0 bridgehead atoms. The van der Waals surface area contributed by atoms with Crippen molar-refractivity contribution >= 4 is 33.4 Å². The topological polar surface area (TPSA) is 66.8 Å². The van der Waals surface area contributed by atoms with Gasteiger partial charge in [-0.05, 0) is 54.8 Å². The lowest BCUT2D eigenvalue weighted by molar-refractivity contribution is 0.812. The SMILES string of the molecule is Cc1cc(Br)ccc1Nc1cnnc(N(C)CCc2ccncc2)n1. The first kappa shape index (κ1) is 17.3. The first-order valence-corrected chi connectivity index (χ1v) is 8.74. The molecule has 2 aromatic heterocycles. The maximum atomic E-state index is 4.56. The molecule has 0 aliphatic heterocycles. The summed E-state index contributed by atoms with van der Waals surface area (Å²) in [5, 5.41) is 11.5. The smallest absolute Gasteiger partial charge is 0.247 e. The van der Waals surface area contributed by atoms with Crippen molar-refractivity contribution in [3.05, 3.63) is 64.5 Å². The number of nitrogens with zero attached hydrogens (tertiary/aromatic N) is 5. The Labute approximate surface area is 155 Å². The fraction of sp³-hybridized carbons (Fsp3) is 0.222. The van der Waals surface area contributed by atoms with Crippen LogP contribution in [0.4, 0.5) is 17.5 Å². The summed E-state index contributed by atoms with van der Waals surface area (Å²) in [7, 11) is 1.97. The third-order valence-electron chi connectivity index (χ3n) is 3.83. The van der Waals surface area contributed by atoms with Crippen LogP contribution >= 0.6 is 15.9 Å². The van der Waals surface area contributed by atoms with Crippen LogP contribution in [0, 0.1) is 6.92 Å². The van der Waals surface area contributed by atoms with Crippen LogP contribution < -0.4 is 10.2 Å². The van der Waals surface area contributed by atoms with Gasteiger partial charge in [-0.2, -0.15) is 10.1 Å². The highest BCUT2D eigenvalue weighted by molar-refractivity contribution is 9.10. The minimum Gasteiger partial charge on any atom is -0.342 e. The van der Waals surface area contributed by atoms with E-state index in [0.717, 1.165) is 28.7 Å². The van der Waals surface area contributed by atoms with Gasteiger partial charge in [-0.25, -0.2) is 0 Å². The van der Waals surface area contributed by atoms with E-state index < -0.39 is 0 Å². The Balaban J connectivity index is 1.68. The molecule has 2 heterocycles. The van der Waals surface area contributed by atoms with Crippen molar-refractivity contribution < 1.29 is 0 Å². The van der Waals surface area contributed by atoms with Crippen molar-refractivity contribution in [2.45, 2.75) is 13.3 Å². The quantitative estimate of drug-likeness (QED) is 0.681. The van der Waals surface area contributed by atoms with Crippen molar-refractivity contribution in [3.63, 3.8) is 0 Å². The number of benzene rings is 1. The molecule has 0 fully saturated rings. The lowest BCUT2D eigenvalue weighted by Gasteiger charge is -2.17. The van der Waals surface area contributed by atoms with Crippen molar-refractivity contribution in [2.24, 2.45) is 0 Å². The predicted octanol–water partition coefficient (Wildman–Crippen LogP) is 3.76. The van der Waals surface area contributed by atoms with Gasteiger partial charge in [-0.15, -0.1) is 5.10 Å². The summed E-state index contributed by atoms with van der Waals surface area (Å²) in [6.45, 7) is 2.84. The molecule has 0 saturated carbocycles. The van der Waals surface area contributed by atoms with Crippen molar-refractivity contribution in [3.8, 4) is 0 Å². The molecular weight excluding hydrogens is 380 g/mol. The number of nitrogens with one attached hydrogen (secondary N) is 1. The van der Waals surface area contributed by atoms with Gasteiger partial charge >= 0.3 is 0 Å². The van der Waals surface area contributed by atoms with E-state index in [2.05, 4.69) is 47.5 Å². The molecule has 128 valence electrons. The van der Waals surface area contributed by atoms with Crippen LogP contribution in [0.25, 0.3) is 0 Å². The van der Waals surface area contributed by atoms with E-state index in [1.807, 2.05) is 43.1 Å². The van der Waals surface area contributed by atoms with Gasteiger partial charge in [0.05, 0.1) is 6.20 Å². The van der Waals surface area contributed by atoms with Gasteiger partial charge in [0, 0.05) is 36.1 Å². The summed E-state index contributed by atoms with van der Waals surface area (Å²) in [4.78, 5) is 10.6. The lowest BCUT2D eigenvalue weighted by Crippen LogP contribution is -2.23. The maximum absolute atomic E-state index is 4.56. The molecule has 3 aromatic rings. The standard InChI is InChI=1S/C18H19BrN6/c1-13-11-15(19)3-4-16(13)22-17-12-21-24-18(23-17)25(2)10-7-14-5-8-20-9-6-14/h3-6,8-9,11-12H,7,10H2,1-2H3,(H,22,23,24). The molecule has 0 aliphatic carbocycles. The van der Waals surface area contributed by atoms with Crippen molar-refractivity contribution in [2.75, 3.05) is 23.8 Å². The van der Waals surface area contributed by atoms with Crippen molar-refractivity contribution in [1.82, 2.24) is 20.2 Å². The first-order chi connectivity index (χ1) is 12.1. The van der Waals surface area contributed by atoms with E-state index in [9.17, 15) is 0 Å². The Kier molecular flexibility index (Phi) is 5.55. The molecular formula is C18H19BrN6. The number of hydrogen-bond acceptors (Lipinski definition) is 6. The van der Waals surface area contributed by atoms with Crippen LogP contribution in [-0.2, 0) is 6.42 Å². The molecule has 3 rings (SSSR count). The first-order valence-electron chi connectivity index (χ1n) is 7.95. The number of aryl methyl sites for hydroxylation is 1. The minimum atomic E-state index is 0.592. The average molecular weight is 399 g/mol. The zero-order valence-corrected chi connectivity index (χ0v) is 15.7. The molecule has 0 aliphatic rings. The number of likely N-dealkylation sites (N-methyl/N-ethyl adjacent to an activating group) is 1. The second-order valence-electron chi connectivity index (χ2n) is 5.75. The second-order valence-corrected chi connectivity index (χ2v) is 6.67. The number of anilines is 3. The number of pyridine rings is 1. The van der Waals surface area contributed by atoms with Gasteiger partial charge in [0.15, 0.2) is 5.82 Å². The summed E-state index contributed by atoms with van der Waals surface area (Å²) in [6, 6.07) is 10.1. The highest BCUT2D eigenvalue weighted by atomic mass is 79.9. The third kappa shape index (κ3) is 4.73. The minimum absolute atomic E-state index is 0.592. The largest absolute Gasteiger partial charge is 0.342 e. The highest BCUT2D eigenvalue weighted by Crippen LogP contribution is 2.23. The molecule has 0 amide bonds. The Hall–Kier alpha value is -2.54. The van der Waals surface area contributed by atoms with Crippen LogP contribution in [-0.4, -0.2) is 33.8 Å². The highest BCUT2D eigenvalue weighted by Gasteiger charge is 2.08. The molecule has 1 aromatic carbocycles. The van der Waals surface area contributed by atoms with Crippen molar-refractivity contribution in [1.29, 1.82) is 0 Å². The zero-order chi connectivity index (χ0) is 17.6. The average Bonchev–Trinajstić information content (AvgIpc) is 2.63. The molecule has 0 radical (unpaired) electrons. The summed E-state index contributed by atoms with van der Waals surface area (Å²) in [6.07, 6.45) is 6.13. The van der Waals surface area contributed by atoms with Crippen LogP contribution in [0.3, 0.4) is 0 Å². The zero-order valence-electron chi connectivity index (χ0n) is 14.1. The molecule has 0 saturated heterocycles. The monoisotopic (exact) mass is 398 g/mol. The Morgan fingerprint density at radius 3 is 2.72 bits per heavy atom. The van der Waals surface area contributed by atoms with E-state index >= 15 is 0 Å². The fourth-order valence-corrected chi connectivity index (χ4v) is 2.84. The van der Waals surface area contributed by atoms with E-state index in [4.69, 9.17) is 0 Å². The van der Waals surface area contributed by atoms with Gasteiger partial charge in [-0.3, -0.25) is 4.98 Å². The number of aromatic nitrogens is 4. The maximum Gasteiger partial charge on any atom is 0.247 e. The van der Waals surface area contributed by atoms with Crippen LogP contribution in [0.1, 0.15) is 11.1 Å². The van der Waals surface area contributed by atoms with Gasteiger partial charge < -0.3 is 10.2 Å². The molecule has 7 heteroatoms. The van der Waals surface area contributed by atoms with Gasteiger partial charge in [0.25, 0.3) is 0 Å². The van der Waals surface area contributed by atoms with Crippen LogP contribution in [0.5, 0.6) is 0 Å². The van der Waals surface area contributed by atoms with E-state index in [1.165, 1.54) is 5.56 Å². The number of halogens is 1. The summed E-state index contributed by atoms with van der Waals surface area (Å²) >= 11 is 3.47. The molecule has 1 N–H and O–H groups in total. The van der Waals surface area contributed by atoms with Crippen LogP contribution in [0.2, 0.25) is 0 Å². The summed E-state index contributed by atoms with van der Waals surface area (Å²) < 4.78 is 1.05. The molecule has 0 atom stereocenters. The Morgan fingerprint density at radius 2 is 1.96 bits per heavy atom. The van der Waals surface area contributed by atoms with Gasteiger partial charge in [0.2, 0.25) is 5.95 Å². The Morgan fingerprint density at radius 1 is 1.16 bits per heavy atom. The molecule has 0 spiro atoms. The van der Waals surface area contributed by atoms with E-state index in [1.54, 1.807) is 18.6 Å². The van der Waals surface area contributed by atoms with Gasteiger partial charge in [-0.1, -0.05) is 15.9 Å². The number of rotatable bonds is 6. The predicted molar refractivity (Wildman–Crippen MR) is 103 cm³/mol. The second kappa shape index (κ2) is 8.02. The normalized spacial score (nSPS) is 10.5. The van der Waals surface area contributed by atoms with Gasteiger partial charge in [0.1, 0.15) is 0 Å². The van der Waals surface area contributed by atoms with Crippen LogP contribution in [0.15, 0.2) is 53.4 Å². The lowest BCUT2D eigenvalue weighted by atomic mass is 10.2. The molecule has 0 unspecified atom stereocenters. The molecule has 6 nitrogen and oxygen atoms in total. The third-order valence-corrected chi connectivity index (χ3v) is 4.32. The Bertz CT molecular complexity index is 840. The fourth-order valence-electron chi connectivity index (χ4n) is 2.37. The summed E-state index contributed by atoms with van der Waals surface area (Å²) in [5.41, 5.74) is 3.35. The molecule has 25 heavy (non-hydrogen) atoms.